The molecule has 1 aromatic carbocycles. The van der Waals surface area contributed by atoms with E-state index in [9.17, 15) is 24.3 Å². The maximum Gasteiger partial charge on any atom is 0.410 e. The van der Waals surface area contributed by atoms with Crippen LogP contribution in [0.3, 0.4) is 0 Å². The molecule has 3 unspecified atom stereocenters. The van der Waals surface area contributed by atoms with E-state index < -0.39 is 41.1 Å². The van der Waals surface area contributed by atoms with Gasteiger partial charge in [-0.1, -0.05) is 50.6 Å². The third-order valence-corrected chi connectivity index (χ3v) is 7.68. The fourth-order valence-corrected chi connectivity index (χ4v) is 5.01. The highest BCUT2D eigenvalue weighted by Crippen LogP contribution is 2.37. The first-order chi connectivity index (χ1) is 17.8. The van der Waals surface area contributed by atoms with Gasteiger partial charge >= 0.3 is 12.1 Å². The fourth-order valence-electron chi connectivity index (χ4n) is 4.54. The van der Waals surface area contributed by atoms with Crippen LogP contribution in [-0.2, 0) is 24.5 Å². The van der Waals surface area contributed by atoms with Crippen molar-refractivity contribution in [2.45, 2.75) is 83.4 Å². The van der Waals surface area contributed by atoms with Gasteiger partial charge < -0.3 is 25.4 Å². The molecule has 1 aromatic rings. The van der Waals surface area contributed by atoms with Crippen molar-refractivity contribution in [3.8, 4) is 0 Å². The van der Waals surface area contributed by atoms with Crippen LogP contribution in [0, 0.1) is 5.92 Å². The first-order valence-electron chi connectivity index (χ1n) is 13.2. The number of hydrogen-bond donors (Lipinski definition) is 3. The lowest BCUT2D eigenvalue weighted by atomic mass is 9.71. The second kappa shape index (κ2) is 13.9. The molecule has 1 heterocycles. The van der Waals surface area contributed by atoms with Crippen molar-refractivity contribution in [2.24, 2.45) is 5.92 Å². The molecular weight excluding hydrogens is 506 g/mol. The van der Waals surface area contributed by atoms with E-state index >= 15 is 0 Å². The van der Waals surface area contributed by atoms with Crippen molar-refractivity contribution in [2.75, 3.05) is 25.1 Å². The van der Waals surface area contributed by atoms with Crippen molar-refractivity contribution >= 4 is 35.6 Å². The van der Waals surface area contributed by atoms with E-state index in [0.29, 0.717) is 38.1 Å². The van der Waals surface area contributed by atoms with Crippen molar-refractivity contribution < 1.29 is 29.0 Å². The quantitative estimate of drug-likeness (QED) is 0.383. The van der Waals surface area contributed by atoms with Crippen LogP contribution in [0.5, 0.6) is 0 Å². The molecule has 0 spiro atoms. The van der Waals surface area contributed by atoms with Gasteiger partial charge in [0.25, 0.3) is 0 Å². The number of carbonyl (C=O) groups is 4. The number of carbonyl (C=O) groups excluding carboxylic acids is 3. The molecule has 1 fully saturated rings. The lowest BCUT2D eigenvalue weighted by Crippen LogP contribution is -2.59. The molecule has 38 heavy (non-hydrogen) atoms. The van der Waals surface area contributed by atoms with Gasteiger partial charge in [-0.05, 0) is 63.5 Å². The van der Waals surface area contributed by atoms with E-state index in [4.69, 9.17) is 4.74 Å². The number of rotatable bonds is 11. The van der Waals surface area contributed by atoms with Gasteiger partial charge in [0.2, 0.25) is 11.8 Å². The molecule has 212 valence electrons. The summed E-state index contributed by atoms with van der Waals surface area (Å²) < 4.78 is 5.52. The van der Waals surface area contributed by atoms with Gasteiger partial charge in [0.05, 0.1) is 5.41 Å². The van der Waals surface area contributed by atoms with E-state index in [-0.39, 0.29) is 18.2 Å². The van der Waals surface area contributed by atoms with Gasteiger partial charge in [0.15, 0.2) is 0 Å². The monoisotopic (exact) mass is 549 g/mol. The fraction of sp³-hybridized carbons (Fsp3) is 0.643. The van der Waals surface area contributed by atoms with Crippen LogP contribution in [0.1, 0.15) is 65.9 Å². The lowest BCUT2D eigenvalue weighted by Gasteiger charge is -2.42. The largest absolute Gasteiger partial charge is 0.480 e. The number of carboxylic acids is 1. The smallest absolute Gasteiger partial charge is 0.410 e. The summed E-state index contributed by atoms with van der Waals surface area (Å²) in [6, 6.07) is 7.47. The van der Waals surface area contributed by atoms with Crippen LogP contribution in [0.4, 0.5) is 4.79 Å². The number of piperidine rings is 1. The van der Waals surface area contributed by atoms with Crippen LogP contribution in [0.15, 0.2) is 30.3 Å². The van der Waals surface area contributed by atoms with Crippen LogP contribution in [0.2, 0.25) is 0 Å². The minimum absolute atomic E-state index is 0.219. The highest BCUT2D eigenvalue weighted by Gasteiger charge is 2.46. The lowest BCUT2D eigenvalue weighted by molar-refractivity contribution is -0.142. The molecule has 3 N–H and O–H groups in total. The van der Waals surface area contributed by atoms with Crippen LogP contribution < -0.4 is 10.6 Å². The van der Waals surface area contributed by atoms with Gasteiger partial charge in [0.1, 0.15) is 17.7 Å². The molecule has 0 saturated carbocycles. The Morgan fingerprint density at radius 2 is 1.71 bits per heavy atom. The van der Waals surface area contributed by atoms with E-state index in [0.717, 1.165) is 5.56 Å². The van der Waals surface area contributed by atoms with Gasteiger partial charge in [0, 0.05) is 13.1 Å². The number of nitrogens with zero attached hydrogens (tertiary/aromatic N) is 1. The Hall–Kier alpha value is -2.75. The summed E-state index contributed by atoms with van der Waals surface area (Å²) in [5.74, 6) is -1.54. The molecule has 2 rings (SSSR count). The van der Waals surface area contributed by atoms with Crippen LogP contribution in [-0.4, -0.2) is 76.7 Å². The first kappa shape index (κ1) is 31.5. The number of hydrogen-bond acceptors (Lipinski definition) is 6. The zero-order valence-corrected chi connectivity index (χ0v) is 24.2. The molecule has 3 amide bonds. The predicted octanol–water partition coefficient (Wildman–Crippen LogP) is 3.81. The average molecular weight is 550 g/mol. The molecule has 1 aliphatic heterocycles. The Morgan fingerprint density at radius 3 is 2.21 bits per heavy atom. The summed E-state index contributed by atoms with van der Waals surface area (Å²) in [6.45, 7) is 9.88. The van der Waals surface area contributed by atoms with E-state index in [1.807, 2.05) is 71.2 Å². The molecule has 0 aliphatic carbocycles. The number of ether oxygens (including phenoxy) is 1. The second-order valence-corrected chi connectivity index (χ2v) is 11.9. The summed E-state index contributed by atoms with van der Waals surface area (Å²) >= 11 is 1.50. The van der Waals surface area contributed by atoms with E-state index in [2.05, 4.69) is 10.6 Å². The molecular formula is C28H43N3O6S. The number of thioether (sulfide) groups is 1. The third kappa shape index (κ3) is 8.38. The number of likely N-dealkylation sites (tertiary alicyclic amines) is 1. The highest BCUT2D eigenvalue weighted by atomic mass is 32.2. The van der Waals surface area contributed by atoms with Crippen LogP contribution in [0.25, 0.3) is 0 Å². The highest BCUT2D eigenvalue weighted by molar-refractivity contribution is 7.98. The van der Waals surface area contributed by atoms with Crippen molar-refractivity contribution in [1.29, 1.82) is 0 Å². The number of benzene rings is 1. The number of carboxylic acid groups (broad SMARTS) is 1. The molecule has 0 aromatic heterocycles. The minimum Gasteiger partial charge on any atom is -0.480 e. The first-order valence-corrected chi connectivity index (χ1v) is 14.6. The van der Waals surface area contributed by atoms with Crippen molar-refractivity contribution in [1.82, 2.24) is 15.5 Å². The van der Waals surface area contributed by atoms with Gasteiger partial charge in [-0.2, -0.15) is 11.8 Å². The van der Waals surface area contributed by atoms with Gasteiger partial charge in [-0.3, -0.25) is 9.59 Å². The Kier molecular flexibility index (Phi) is 11.5. The number of nitrogens with one attached hydrogen (secondary N) is 2. The molecule has 0 bridgehead atoms. The Morgan fingerprint density at radius 1 is 1.11 bits per heavy atom. The summed E-state index contributed by atoms with van der Waals surface area (Å²) in [6.07, 6.45) is 3.09. The summed E-state index contributed by atoms with van der Waals surface area (Å²) in [5, 5.41) is 15.2. The predicted molar refractivity (Wildman–Crippen MR) is 149 cm³/mol. The van der Waals surface area contributed by atoms with Crippen molar-refractivity contribution in [3.05, 3.63) is 35.9 Å². The topological polar surface area (TPSA) is 125 Å². The number of amides is 3. The van der Waals surface area contributed by atoms with Gasteiger partial charge in [-0.25, -0.2) is 9.59 Å². The molecule has 1 saturated heterocycles. The summed E-state index contributed by atoms with van der Waals surface area (Å²) in [7, 11) is 0. The summed E-state index contributed by atoms with van der Waals surface area (Å²) in [5.41, 5.74) is -0.757. The zero-order chi connectivity index (χ0) is 28.5. The normalized spacial score (nSPS) is 17.6. The maximum absolute atomic E-state index is 14.0. The standard InChI is InChI=1S/C28H43N3O6S/c1-7-19(2)22(23(32)29-21(24(33)34)13-18-38-6)30-25(35)28(20-11-9-8-10-12-20)14-16-31(17-15-28)26(36)37-27(3,4)5/h8-12,19,21-22H,7,13-18H2,1-6H3,(H,29,32)(H,30,35)(H,33,34). The molecule has 10 heteroatoms. The number of aliphatic carboxylic acids is 1. The molecule has 3 atom stereocenters. The van der Waals surface area contributed by atoms with E-state index in [1.165, 1.54) is 11.8 Å². The molecule has 1 aliphatic rings. The Bertz CT molecular complexity index is 957. The van der Waals surface area contributed by atoms with E-state index in [1.54, 1.807) is 4.90 Å². The SMILES string of the molecule is CCC(C)C(NC(=O)C1(c2ccccc2)CCN(C(=O)OC(C)(C)C)CC1)C(=O)NC(CCSC)C(=O)O. The zero-order valence-electron chi connectivity index (χ0n) is 23.4. The average Bonchev–Trinajstić information content (AvgIpc) is 2.88. The molecule has 0 radical (unpaired) electrons. The Labute approximate surface area is 230 Å². The maximum atomic E-state index is 14.0. The summed E-state index contributed by atoms with van der Waals surface area (Å²) in [4.78, 5) is 53.3. The van der Waals surface area contributed by atoms with Gasteiger partial charge in [-0.15, -0.1) is 0 Å². The second-order valence-electron chi connectivity index (χ2n) is 10.9. The molecule has 9 nitrogen and oxygen atoms in total. The van der Waals surface area contributed by atoms with Crippen molar-refractivity contribution in [3.63, 3.8) is 0 Å². The third-order valence-electron chi connectivity index (χ3n) is 7.04. The Balaban J connectivity index is 2.29. The minimum atomic E-state index is -1.10. The van der Waals surface area contributed by atoms with Crippen LogP contribution >= 0.6 is 11.8 Å².